The van der Waals surface area contributed by atoms with E-state index in [0.29, 0.717) is 5.11 Å². The molecule has 3 heterocycles. The van der Waals surface area contributed by atoms with Crippen molar-refractivity contribution in [1.29, 1.82) is 0 Å². The van der Waals surface area contributed by atoms with Gasteiger partial charge < -0.3 is 14.8 Å². The SMILES string of the molecule is Cc1ccccc1-n1c(C)cc([C@H]2[C@@H](c3ccccn3)NC(=S)N2c2ccc(Br)cc2)c1C. The van der Waals surface area contributed by atoms with Crippen molar-refractivity contribution in [3.05, 3.63) is 112 Å². The van der Waals surface area contributed by atoms with Gasteiger partial charge in [0.25, 0.3) is 0 Å². The van der Waals surface area contributed by atoms with E-state index in [-0.39, 0.29) is 12.1 Å². The molecule has 0 bridgehead atoms. The van der Waals surface area contributed by atoms with Crippen molar-refractivity contribution < 1.29 is 0 Å². The molecule has 166 valence electrons. The number of nitrogens with zero attached hydrogens (tertiary/aromatic N) is 3. The van der Waals surface area contributed by atoms with Crippen molar-refractivity contribution in [3.8, 4) is 5.69 Å². The van der Waals surface area contributed by atoms with Gasteiger partial charge in [0, 0.05) is 33.4 Å². The summed E-state index contributed by atoms with van der Waals surface area (Å²) in [6.07, 6.45) is 1.84. The standard InChI is InChI=1S/C27H25BrN4S/c1-17-8-4-5-10-24(17)31-18(2)16-22(19(31)3)26-25(23-9-6-7-15-29-23)30-27(33)32(26)21-13-11-20(28)12-14-21/h4-16,25-26H,1-3H3,(H,30,33)/t25-,26+/m1/s1. The number of thiocarbonyl (C=S) groups is 1. The Balaban J connectivity index is 1.69. The van der Waals surface area contributed by atoms with E-state index in [9.17, 15) is 0 Å². The number of pyridine rings is 1. The zero-order valence-corrected chi connectivity index (χ0v) is 21.2. The molecule has 0 amide bonds. The molecule has 0 aliphatic carbocycles. The van der Waals surface area contributed by atoms with Gasteiger partial charge in [0.2, 0.25) is 0 Å². The predicted octanol–water partition coefficient (Wildman–Crippen LogP) is 6.74. The van der Waals surface area contributed by atoms with Gasteiger partial charge in [-0.1, -0.05) is 40.2 Å². The highest BCUT2D eigenvalue weighted by molar-refractivity contribution is 9.10. The summed E-state index contributed by atoms with van der Waals surface area (Å²) in [4.78, 5) is 6.91. The van der Waals surface area contributed by atoms with Crippen LogP contribution in [-0.4, -0.2) is 14.7 Å². The van der Waals surface area contributed by atoms with Gasteiger partial charge in [-0.25, -0.2) is 0 Å². The summed E-state index contributed by atoms with van der Waals surface area (Å²) in [5.41, 5.74) is 8.13. The van der Waals surface area contributed by atoms with Crippen LogP contribution in [0.1, 0.15) is 40.3 Å². The fraction of sp³-hybridized carbons (Fsp3) is 0.185. The van der Waals surface area contributed by atoms with Gasteiger partial charge >= 0.3 is 0 Å². The molecule has 2 aromatic carbocycles. The third-order valence-electron chi connectivity index (χ3n) is 6.35. The summed E-state index contributed by atoms with van der Waals surface area (Å²) in [6.45, 7) is 6.53. The molecule has 0 radical (unpaired) electrons. The number of para-hydroxylation sites is 1. The van der Waals surface area contributed by atoms with Crippen LogP contribution in [0.25, 0.3) is 5.69 Å². The first-order valence-corrected chi connectivity index (χ1v) is 12.2. The summed E-state index contributed by atoms with van der Waals surface area (Å²) in [7, 11) is 0. The third-order valence-corrected chi connectivity index (χ3v) is 7.19. The van der Waals surface area contributed by atoms with Crippen molar-refractivity contribution in [2.45, 2.75) is 32.9 Å². The molecule has 4 nitrogen and oxygen atoms in total. The van der Waals surface area contributed by atoms with E-state index in [1.165, 1.54) is 28.2 Å². The Hall–Kier alpha value is -2.96. The number of rotatable bonds is 4. The summed E-state index contributed by atoms with van der Waals surface area (Å²) in [5.74, 6) is 0. The van der Waals surface area contributed by atoms with Crippen LogP contribution in [0, 0.1) is 20.8 Å². The fourth-order valence-corrected chi connectivity index (χ4v) is 5.43. The van der Waals surface area contributed by atoms with Gasteiger partial charge in [0.05, 0.1) is 17.8 Å². The van der Waals surface area contributed by atoms with Crippen LogP contribution in [0.15, 0.2) is 83.5 Å². The van der Waals surface area contributed by atoms with Gasteiger partial charge in [-0.15, -0.1) is 0 Å². The van der Waals surface area contributed by atoms with Crippen LogP contribution in [0.5, 0.6) is 0 Å². The Morgan fingerprint density at radius 2 is 1.67 bits per heavy atom. The molecule has 0 saturated carbocycles. The second-order valence-corrected chi connectivity index (χ2v) is 9.72. The lowest BCUT2D eigenvalue weighted by Crippen LogP contribution is -2.29. The number of anilines is 1. The number of halogens is 1. The van der Waals surface area contributed by atoms with Crippen LogP contribution in [0.2, 0.25) is 0 Å². The third kappa shape index (κ3) is 3.87. The summed E-state index contributed by atoms with van der Waals surface area (Å²) < 4.78 is 3.39. The smallest absolute Gasteiger partial charge is 0.174 e. The molecule has 1 saturated heterocycles. The van der Waals surface area contributed by atoms with Crippen LogP contribution < -0.4 is 10.2 Å². The summed E-state index contributed by atoms with van der Waals surface area (Å²) >= 11 is 9.43. The van der Waals surface area contributed by atoms with Crippen LogP contribution in [0.3, 0.4) is 0 Å². The molecule has 0 unspecified atom stereocenters. The molecule has 4 aromatic rings. The molecule has 6 heteroatoms. The molecular formula is C27H25BrN4S. The van der Waals surface area contributed by atoms with Crippen LogP contribution in [-0.2, 0) is 0 Å². The van der Waals surface area contributed by atoms with E-state index in [1.807, 2.05) is 18.3 Å². The largest absolute Gasteiger partial charge is 0.351 e. The number of hydrogen-bond acceptors (Lipinski definition) is 2. The highest BCUT2D eigenvalue weighted by Gasteiger charge is 2.42. The Morgan fingerprint density at radius 3 is 2.36 bits per heavy atom. The van der Waals surface area contributed by atoms with Gasteiger partial charge in [-0.2, -0.15) is 0 Å². The second-order valence-electron chi connectivity index (χ2n) is 8.42. The van der Waals surface area contributed by atoms with E-state index in [0.717, 1.165) is 15.9 Å². The molecule has 1 fully saturated rings. The van der Waals surface area contributed by atoms with Crippen LogP contribution >= 0.6 is 28.1 Å². The zero-order valence-electron chi connectivity index (χ0n) is 18.8. The minimum absolute atomic E-state index is 0.0301. The lowest BCUT2D eigenvalue weighted by atomic mass is 9.96. The van der Waals surface area contributed by atoms with Gasteiger partial charge in [0.15, 0.2) is 5.11 Å². The maximum Gasteiger partial charge on any atom is 0.174 e. The van der Waals surface area contributed by atoms with E-state index in [1.54, 1.807) is 0 Å². The van der Waals surface area contributed by atoms with Gasteiger partial charge in [-0.3, -0.25) is 4.98 Å². The molecule has 1 aliphatic rings. The van der Waals surface area contributed by atoms with E-state index in [2.05, 4.69) is 117 Å². The average Bonchev–Trinajstić information content (AvgIpc) is 3.31. The fourth-order valence-electron chi connectivity index (χ4n) is 4.82. The maximum absolute atomic E-state index is 5.88. The van der Waals surface area contributed by atoms with Crippen LogP contribution in [0.4, 0.5) is 5.69 Å². The average molecular weight is 517 g/mol. The first-order chi connectivity index (χ1) is 16.0. The molecule has 2 aromatic heterocycles. The molecule has 5 rings (SSSR count). The van der Waals surface area contributed by atoms with Crippen molar-refractivity contribution in [2.75, 3.05) is 4.90 Å². The highest BCUT2D eigenvalue weighted by Crippen LogP contribution is 2.44. The second kappa shape index (κ2) is 8.76. The molecule has 1 N–H and O–H groups in total. The molecule has 0 spiro atoms. The van der Waals surface area contributed by atoms with E-state index < -0.39 is 0 Å². The number of nitrogens with one attached hydrogen (secondary N) is 1. The summed E-state index contributed by atoms with van der Waals surface area (Å²) in [6, 6.07) is 25.1. The minimum Gasteiger partial charge on any atom is -0.351 e. The van der Waals surface area contributed by atoms with Crippen molar-refractivity contribution in [3.63, 3.8) is 0 Å². The van der Waals surface area contributed by atoms with E-state index >= 15 is 0 Å². The maximum atomic E-state index is 5.88. The zero-order chi connectivity index (χ0) is 23.1. The molecular weight excluding hydrogens is 492 g/mol. The lowest BCUT2D eigenvalue weighted by molar-refractivity contribution is 0.565. The van der Waals surface area contributed by atoms with Crippen molar-refractivity contribution >= 4 is 38.9 Å². The van der Waals surface area contributed by atoms with Gasteiger partial charge in [-0.05, 0) is 92.6 Å². The minimum atomic E-state index is -0.0619. The van der Waals surface area contributed by atoms with E-state index in [4.69, 9.17) is 12.2 Å². The Morgan fingerprint density at radius 1 is 0.939 bits per heavy atom. The Bertz CT molecular complexity index is 1310. The molecule has 2 atom stereocenters. The first-order valence-electron chi connectivity index (χ1n) is 11.0. The van der Waals surface area contributed by atoms with Crippen molar-refractivity contribution in [1.82, 2.24) is 14.9 Å². The number of aromatic nitrogens is 2. The number of aryl methyl sites for hydroxylation is 2. The normalized spacial score (nSPS) is 17.9. The number of benzene rings is 2. The number of hydrogen-bond donors (Lipinski definition) is 1. The topological polar surface area (TPSA) is 33.1 Å². The monoisotopic (exact) mass is 516 g/mol. The Labute approximate surface area is 208 Å². The highest BCUT2D eigenvalue weighted by atomic mass is 79.9. The predicted molar refractivity (Wildman–Crippen MR) is 142 cm³/mol. The molecule has 33 heavy (non-hydrogen) atoms. The molecule has 1 aliphatic heterocycles. The van der Waals surface area contributed by atoms with Crippen molar-refractivity contribution in [2.24, 2.45) is 0 Å². The Kier molecular flexibility index (Phi) is 5.81. The van der Waals surface area contributed by atoms with Gasteiger partial charge in [0.1, 0.15) is 0 Å². The lowest BCUT2D eigenvalue weighted by Gasteiger charge is -2.28. The quantitative estimate of drug-likeness (QED) is 0.304. The first kappa shape index (κ1) is 21.9. The summed E-state index contributed by atoms with van der Waals surface area (Å²) in [5, 5.41) is 4.27.